The molecule has 0 amide bonds. The van der Waals surface area contributed by atoms with Gasteiger partial charge in [0.15, 0.2) is 0 Å². The highest BCUT2D eigenvalue weighted by molar-refractivity contribution is 7.28. The summed E-state index contributed by atoms with van der Waals surface area (Å²) in [5, 5.41) is 12.3. The molecule has 0 aliphatic heterocycles. The molecule has 0 aliphatic carbocycles. The van der Waals surface area contributed by atoms with Crippen molar-refractivity contribution in [3.8, 4) is 19.8 Å². The van der Waals surface area contributed by atoms with E-state index in [0.717, 1.165) is 21.0 Å². The molecule has 6 heteroatoms. The molecule has 0 bridgehead atoms. The molecule has 10 rings (SSSR count). The van der Waals surface area contributed by atoms with Gasteiger partial charge in [-0.25, -0.2) is 9.97 Å². The van der Waals surface area contributed by atoms with E-state index in [-0.39, 0.29) is 0 Å². The minimum atomic E-state index is 1.06. The van der Waals surface area contributed by atoms with E-state index in [2.05, 4.69) is 109 Å². The van der Waals surface area contributed by atoms with Crippen molar-refractivity contribution in [2.45, 2.75) is 0 Å². The largest absolute Gasteiger partial charge is 0.235 e. The van der Waals surface area contributed by atoms with Crippen molar-refractivity contribution in [2.24, 2.45) is 0 Å². The first-order valence-electron chi connectivity index (χ1n) is 13.7. The number of nitrogens with zero attached hydrogens (tertiary/aromatic N) is 2. The Balaban J connectivity index is 1.06. The normalized spacial score (nSPS) is 12.3. The van der Waals surface area contributed by atoms with Gasteiger partial charge in [-0.2, -0.15) is 0 Å². The van der Waals surface area contributed by atoms with Gasteiger partial charge in [-0.3, -0.25) is 0 Å². The lowest BCUT2D eigenvalue weighted by atomic mass is 10.1. The van der Waals surface area contributed by atoms with E-state index >= 15 is 0 Å². The van der Waals surface area contributed by atoms with Gasteiger partial charge >= 0.3 is 0 Å². The third kappa shape index (κ3) is 3.60. The van der Waals surface area contributed by atoms with Gasteiger partial charge in [0.25, 0.3) is 0 Å². The molecule has 6 aromatic carbocycles. The van der Waals surface area contributed by atoms with Gasteiger partial charge in [0, 0.05) is 9.40 Å². The number of benzene rings is 6. The quantitative estimate of drug-likeness (QED) is 0.196. The molecule has 10 aromatic rings. The lowest BCUT2D eigenvalue weighted by Gasteiger charge is -1.97. The van der Waals surface area contributed by atoms with Crippen LogP contribution in [0, 0.1) is 0 Å². The number of aromatic nitrogens is 2. The smallest absolute Gasteiger partial charge is 0.134 e. The molecule has 42 heavy (non-hydrogen) atoms. The van der Waals surface area contributed by atoms with Crippen molar-refractivity contribution < 1.29 is 0 Å². The molecule has 0 unspecified atom stereocenters. The lowest BCUT2D eigenvalue weighted by molar-refractivity contribution is 1.50. The molecular formula is C36H18N2S4. The molecule has 0 spiro atoms. The fourth-order valence-electron chi connectivity index (χ4n) is 5.97. The van der Waals surface area contributed by atoms with Crippen molar-refractivity contribution >= 4 is 118 Å². The summed E-state index contributed by atoms with van der Waals surface area (Å²) in [6, 6.07) is 40.0. The summed E-state index contributed by atoms with van der Waals surface area (Å²) in [6.07, 6.45) is 0. The van der Waals surface area contributed by atoms with Crippen molar-refractivity contribution in [1.82, 2.24) is 9.97 Å². The van der Waals surface area contributed by atoms with Crippen LogP contribution in [0.15, 0.2) is 109 Å². The van der Waals surface area contributed by atoms with Crippen LogP contribution in [0.25, 0.3) is 92.7 Å². The molecule has 2 nitrogen and oxygen atoms in total. The van der Waals surface area contributed by atoms with Gasteiger partial charge in [-0.1, -0.05) is 48.5 Å². The van der Waals surface area contributed by atoms with E-state index in [1.807, 2.05) is 22.7 Å². The number of fused-ring (bicyclic) bond motifs is 7. The Morgan fingerprint density at radius 3 is 1.19 bits per heavy atom. The number of thiophene rings is 2. The van der Waals surface area contributed by atoms with E-state index in [9.17, 15) is 0 Å². The van der Waals surface area contributed by atoms with E-state index in [0.29, 0.717) is 0 Å². The maximum atomic E-state index is 5.10. The number of hydrogen-bond donors (Lipinski definition) is 0. The van der Waals surface area contributed by atoms with Crippen LogP contribution in [0.4, 0.5) is 0 Å². The van der Waals surface area contributed by atoms with Crippen molar-refractivity contribution in [3.63, 3.8) is 0 Å². The van der Waals surface area contributed by atoms with Crippen molar-refractivity contribution in [1.29, 1.82) is 0 Å². The second-order valence-electron chi connectivity index (χ2n) is 10.7. The second kappa shape index (κ2) is 8.66. The van der Waals surface area contributed by atoms with Gasteiger partial charge in [0.2, 0.25) is 0 Å². The summed E-state index contributed by atoms with van der Waals surface area (Å²) >= 11 is 7.22. The first-order valence-corrected chi connectivity index (χ1v) is 17.0. The van der Waals surface area contributed by atoms with Crippen LogP contribution in [0.3, 0.4) is 0 Å². The minimum absolute atomic E-state index is 1.06. The Labute approximate surface area is 255 Å². The van der Waals surface area contributed by atoms with Crippen molar-refractivity contribution in [2.75, 3.05) is 0 Å². The molecule has 0 aliphatic rings. The SMILES string of the molecule is c1ccc2cc3sc(-c4nc5cc6cc7sc(-c8cc9cc%10ccccc%10cc9s8)nc7cc6cc5s4)cc3cc2c1. The molecule has 196 valence electrons. The third-order valence-electron chi connectivity index (χ3n) is 8.04. The van der Waals surface area contributed by atoms with Crippen molar-refractivity contribution in [3.05, 3.63) is 109 Å². The fourth-order valence-corrected chi connectivity index (χ4v) is 10.2. The number of thiazole rings is 2. The molecule has 0 saturated heterocycles. The fraction of sp³-hybridized carbons (Fsp3) is 0. The molecule has 4 heterocycles. The van der Waals surface area contributed by atoms with Gasteiger partial charge in [-0.15, -0.1) is 45.3 Å². The number of rotatable bonds is 2. The Kier molecular flexibility index (Phi) is 4.82. The van der Waals surface area contributed by atoms with E-state index in [1.165, 1.54) is 71.6 Å². The maximum absolute atomic E-state index is 5.10. The van der Waals surface area contributed by atoms with Crippen LogP contribution >= 0.6 is 45.3 Å². The van der Waals surface area contributed by atoms with Gasteiger partial charge in [0.1, 0.15) is 10.0 Å². The first-order chi connectivity index (χ1) is 20.7. The van der Waals surface area contributed by atoms with Crippen LogP contribution in [0.5, 0.6) is 0 Å². The molecule has 4 aromatic heterocycles. The van der Waals surface area contributed by atoms with Crippen LogP contribution in [0.2, 0.25) is 0 Å². The Hall–Kier alpha value is -4.20. The van der Waals surface area contributed by atoms with Gasteiger partial charge in [0.05, 0.1) is 30.2 Å². The Bertz CT molecular complexity index is 2340. The predicted molar refractivity (Wildman–Crippen MR) is 187 cm³/mol. The Morgan fingerprint density at radius 2 is 0.738 bits per heavy atom. The third-order valence-corrected chi connectivity index (χ3v) is 12.6. The second-order valence-corrected chi connectivity index (χ2v) is 14.9. The standard InChI is InChI=1S/C36H18N2S4/c1-3-7-21-13-29-25(9-19(21)5-1)17-33(39-29)35-37-27-11-23-16-32-28(12-24(23)15-31(27)41-35)38-36(42-32)34-18-26-10-20-6-2-4-8-22(20)14-30(26)40-34/h1-18H. The Morgan fingerprint density at radius 1 is 0.333 bits per heavy atom. The molecule has 0 radical (unpaired) electrons. The van der Waals surface area contributed by atoms with Gasteiger partial charge in [-0.05, 0) is 104 Å². The zero-order chi connectivity index (χ0) is 27.4. The van der Waals surface area contributed by atoms with E-state index in [1.54, 1.807) is 22.7 Å². The first kappa shape index (κ1) is 23.4. The van der Waals surface area contributed by atoms with Crippen LogP contribution in [-0.4, -0.2) is 9.97 Å². The summed E-state index contributed by atoms with van der Waals surface area (Å²) in [7, 11) is 0. The average molecular weight is 607 g/mol. The predicted octanol–water partition coefficient (Wildman–Crippen LogP) is 12.1. The lowest BCUT2D eigenvalue weighted by Crippen LogP contribution is -1.76. The highest BCUT2D eigenvalue weighted by Gasteiger charge is 2.15. The minimum Gasteiger partial charge on any atom is -0.235 e. The molecule has 0 saturated carbocycles. The maximum Gasteiger partial charge on any atom is 0.134 e. The number of hydrogen-bond acceptors (Lipinski definition) is 6. The van der Waals surface area contributed by atoms with E-state index in [4.69, 9.17) is 9.97 Å². The summed E-state index contributed by atoms with van der Waals surface area (Å²) in [4.78, 5) is 12.7. The molecule has 0 N–H and O–H groups in total. The molecular weight excluding hydrogens is 589 g/mol. The van der Waals surface area contributed by atoms with E-state index < -0.39 is 0 Å². The summed E-state index contributed by atoms with van der Waals surface area (Å²) < 4.78 is 5.04. The zero-order valence-corrected chi connectivity index (χ0v) is 25.2. The summed E-state index contributed by atoms with van der Waals surface area (Å²) in [5.41, 5.74) is 2.12. The average Bonchev–Trinajstić information content (AvgIpc) is 3.79. The molecule has 0 atom stereocenters. The van der Waals surface area contributed by atoms with Crippen LogP contribution in [-0.2, 0) is 0 Å². The summed E-state index contributed by atoms with van der Waals surface area (Å²) in [6.45, 7) is 0. The highest BCUT2D eigenvalue weighted by atomic mass is 32.1. The van der Waals surface area contributed by atoms with Crippen LogP contribution in [0.1, 0.15) is 0 Å². The topological polar surface area (TPSA) is 25.8 Å². The zero-order valence-electron chi connectivity index (χ0n) is 21.9. The summed E-state index contributed by atoms with van der Waals surface area (Å²) in [5.74, 6) is 0. The highest BCUT2D eigenvalue weighted by Crippen LogP contribution is 2.42. The van der Waals surface area contributed by atoms with Gasteiger partial charge < -0.3 is 0 Å². The van der Waals surface area contributed by atoms with Crippen LogP contribution < -0.4 is 0 Å². The monoisotopic (exact) mass is 606 g/mol. The molecule has 0 fully saturated rings.